The first kappa shape index (κ1) is 36.5. The number of fused-ring (bicyclic) bond motifs is 2. The van der Waals surface area contributed by atoms with Crippen molar-refractivity contribution >= 4 is 46.0 Å². The van der Waals surface area contributed by atoms with Gasteiger partial charge in [0.15, 0.2) is 11.3 Å². The Morgan fingerprint density at radius 3 is 2.41 bits per heavy atom. The molecule has 282 valence electrons. The molecule has 2 fully saturated rings. The minimum Gasteiger partial charge on any atom is -0.385 e. The fourth-order valence-corrected chi connectivity index (χ4v) is 7.06. The van der Waals surface area contributed by atoms with E-state index in [1.165, 1.54) is 15.3 Å². The predicted octanol–water partition coefficient (Wildman–Crippen LogP) is 4.22. The van der Waals surface area contributed by atoms with E-state index in [1.54, 1.807) is 30.8 Å². The van der Waals surface area contributed by atoms with Crippen molar-refractivity contribution in [2.75, 3.05) is 18.9 Å². The summed E-state index contributed by atoms with van der Waals surface area (Å²) in [4.78, 5) is 67.0. The molecule has 0 radical (unpaired) electrons. The Labute approximate surface area is 310 Å². The fourth-order valence-electron chi connectivity index (χ4n) is 7.06. The van der Waals surface area contributed by atoms with Crippen LogP contribution in [0.1, 0.15) is 90.2 Å². The quantitative estimate of drug-likeness (QED) is 0.0913. The smallest absolute Gasteiger partial charge is 0.329 e. The number of nitrogens with zero attached hydrogens (tertiary/aromatic N) is 5. The number of aromatic nitrogens is 5. The average Bonchev–Trinajstić information content (AvgIpc) is 3.58. The summed E-state index contributed by atoms with van der Waals surface area (Å²) >= 11 is 0. The third-order valence-corrected chi connectivity index (χ3v) is 10.3. The number of unbranched alkanes of at least 4 members (excludes halogenated alkanes) is 5. The number of anilines is 1. The Bertz CT molecular complexity index is 2290. The van der Waals surface area contributed by atoms with E-state index >= 15 is 0 Å². The zero-order valence-corrected chi connectivity index (χ0v) is 30.4. The van der Waals surface area contributed by atoms with Crippen LogP contribution in [0.3, 0.4) is 0 Å². The number of aryl methyl sites for hydroxylation is 2. The lowest BCUT2D eigenvalue weighted by molar-refractivity contribution is -0.135. The van der Waals surface area contributed by atoms with E-state index in [-0.39, 0.29) is 29.6 Å². The Hall–Kier alpha value is -5.86. The van der Waals surface area contributed by atoms with E-state index in [1.807, 2.05) is 36.4 Å². The van der Waals surface area contributed by atoms with Crippen molar-refractivity contribution in [3.05, 3.63) is 82.0 Å². The minimum absolute atomic E-state index is 0.150. The number of carbonyl (C=O) groups excluding carboxylic acids is 4. The second kappa shape index (κ2) is 15.6. The number of hydrogen-bond donors (Lipinski definition) is 4. The van der Waals surface area contributed by atoms with Crippen molar-refractivity contribution in [3.8, 4) is 11.3 Å². The molecule has 2 aromatic carbocycles. The van der Waals surface area contributed by atoms with E-state index in [9.17, 15) is 28.4 Å². The van der Waals surface area contributed by atoms with Gasteiger partial charge in [-0.3, -0.25) is 33.6 Å². The Kier molecular flexibility index (Phi) is 10.6. The topological polar surface area (TPSA) is 174 Å². The molecule has 1 saturated heterocycles. The van der Waals surface area contributed by atoms with Crippen molar-refractivity contribution in [1.29, 1.82) is 0 Å². The van der Waals surface area contributed by atoms with Crippen LogP contribution in [0, 0.1) is 0 Å². The molecule has 0 bridgehead atoms. The summed E-state index contributed by atoms with van der Waals surface area (Å²) in [5.74, 6) is -1.33. The molecule has 3 aromatic heterocycles. The van der Waals surface area contributed by atoms with E-state index in [0.717, 1.165) is 61.6 Å². The first-order valence-electron chi connectivity index (χ1n) is 18.6. The largest absolute Gasteiger partial charge is 0.385 e. The SMILES string of the molecule is CNc1cc(-c2ccc(C(=O)NCCCCCCCCc3ccc4c(c3)n(C)c(=O)n4C3CCC(=O)NC3=O)cc2)nn2c(C(=O)N[C@@H]3C[C@@H]3F)cnc12. The lowest BCUT2D eigenvalue weighted by Crippen LogP contribution is -2.44. The lowest BCUT2D eigenvalue weighted by atomic mass is 10.0. The van der Waals surface area contributed by atoms with Gasteiger partial charge in [0.25, 0.3) is 11.8 Å². The highest BCUT2D eigenvalue weighted by molar-refractivity contribution is 6.00. The highest BCUT2D eigenvalue weighted by atomic mass is 19.1. The number of benzene rings is 2. The molecule has 3 atom stereocenters. The predicted molar refractivity (Wildman–Crippen MR) is 201 cm³/mol. The summed E-state index contributed by atoms with van der Waals surface area (Å²) in [6.07, 6.45) is 8.24. The minimum atomic E-state index is -1.02. The summed E-state index contributed by atoms with van der Waals surface area (Å²) in [7, 11) is 3.46. The normalized spacial score (nSPS) is 18.2. The summed E-state index contributed by atoms with van der Waals surface area (Å²) in [6.45, 7) is 0.580. The summed E-state index contributed by atoms with van der Waals surface area (Å²) in [5, 5.41) is 15.7. The van der Waals surface area contributed by atoms with E-state index < -0.39 is 30.1 Å². The zero-order valence-electron chi connectivity index (χ0n) is 30.4. The van der Waals surface area contributed by atoms with Gasteiger partial charge in [-0.2, -0.15) is 5.10 Å². The summed E-state index contributed by atoms with van der Waals surface area (Å²) in [6, 6.07) is 13.7. The standard InChI is InChI=1S/C39H44FN9O5/c1-41-29-21-27(46-49-33(22-43-35(29)49)38(53)44-28-20-26(28)40)24-11-13-25(14-12-24)36(51)42-18-8-6-4-3-5-7-9-23-10-15-30-32(19-23)47(2)39(54)48(30)31-16-17-34(50)45-37(31)52/h10-15,19,21-22,26,28,31,41H,3-9,16-18,20H2,1-2H3,(H,42,51)(H,44,53)(H,45,50,52)/t26-,28+,31?/m0/s1. The Morgan fingerprint density at radius 1 is 0.944 bits per heavy atom. The van der Waals surface area contributed by atoms with Crippen LogP contribution in [-0.4, -0.2) is 73.2 Å². The molecule has 0 spiro atoms. The molecule has 2 aliphatic rings. The van der Waals surface area contributed by atoms with Crippen molar-refractivity contribution in [2.45, 2.75) is 82.5 Å². The van der Waals surface area contributed by atoms with Crippen LogP contribution >= 0.6 is 0 Å². The van der Waals surface area contributed by atoms with Gasteiger partial charge in [0.2, 0.25) is 11.8 Å². The lowest BCUT2D eigenvalue weighted by Gasteiger charge is -2.21. The zero-order chi connectivity index (χ0) is 37.9. The molecule has 1 aliphatic heterocycles. The number of halogens is 1. The van der Waals surface area contributed by atoms with E-state index in [4.69, 9.17) is 0 Å². The third-order valence-electron chi connectivity index (χ3n) is 10.3. The molecule has 1 saturated carbocycles. The molecule has 15 heteroatoms. The van der Waals surface area contributed by atoms with Gasteiger partial charge < -0.3 is 16.0 Å². The van der Waals surface area contributed by atoms with Crippen molar-refractivity contribution < 1.29 is 23.6 Å². The van der Waals surface area contributed by atoms with E-state index in [2.05, 4.69) is 31.3 Å². The molecule has 14 nitrogen and oxygen atoms in total. The Morgan fingerprint density at radius 2 is 1.69 bits per heavy atom. The maximum Gasteiger partial charge on any atom is 0.329 e. The average molecular weight is 738 g/mol. The molecule has 4 heterocycles. The second-order valence-electron chi connectivity index (χ2n) is 14.1. The maximum atomic E-state index is 13.4. The molecular formula is C39H44FN9O5. The number of alkyl halides is 1. The van der Waals surface area contributed by atoms with Crippen LogP contribution in [0.5, 0.6) is 0 Å². The van der Waals surface area contributed by atoms with Crippen molar-refractivity contribution in [2.24, 2.45) is 7.05 Å². The maximum absolute atomic E-state index is 13.4. The first-order valence-corrected chi connectivity index (χ1v) is 18.6. The number of imide groups is 1. The molecular weight excluding hydrogens is 693 g/mol. The molecule has 54 heavy (non-hydrogen) atoms. The van der Waals surface area contributed by atoms with Crippen LogP contribution in [0.15, 0.2) is 59.5 Å². The highest BCUT2D eigenvalue weighted by Gasteiger charge is 2.39. The number of carbonyl (C=O) groups is 4. The van der Waals surface area contributed by atoms with Gasteiger partial charge in [0.05, 0.1) is 34.7 Å². The molecule has 1 aliphatic carbocycles. The number of amides is 4. The molecule has 5 aromatic rings. The van der Waals surface area contributed by atoms with Crippen LogP contribution in [0.2, 0.25) is 0 Å². The number of hydrogen-bond acceptors (Lipinski definition) is 8. The summed E-state index contributed by atoms with van der Waals surface area (Å²) < 4.78 is 17.9. The molecule has 4 amide bonds. The molecule has 4 N–H and O–H groups in total. The van der Waals surface area contributed by atoms with Crippen molar-refractivity contribution in [3.63, 3.8) is 0 Å². The van der Waals surface area contributed by atoms with Gasteiger partial charge in [-0.15, -0.1) is 0 Å². The third kappa shape index (κ3) is 7.61. The van der Waals surface area contributed by atoms with Gasteiger partial charge in [-0.1, -0.05) is 43.9 Å². The number of imidazole rings is 2. The monoisotopic (exact) mass is 737 g/mol. The number of rotatable bonds is 15. The molecule has 1 unspecified atom stereocenters. The van der Waals surface area contributed by atoms with Crippen LogP contribution < -0.4 is 27.0 Å². The number of nitrogens with one attached hydrogen (secondary N) is 4. The molecule has 7 rings (SSSR count). The van der Waals surface area contributed by atoms with Crippen molar-refractivity contribution in [1.82, 2.24) is 39.7 Å². The van der Waals surface area contributed by atoms with Crippen LogP contribution in [0.4, 0.5) is 10.1 Å². The van der Waals surface area contributed by atoms with Gasteiger partial charge in [-0.05, 0) is 61.6 Å². The number of piperidine rings is 1. The fraction of sp³-hybridized carbons (Fsp3) is 0.410. The highest BCUT2D eigenvalue weighted by Crippen LogP contribution is 2.28. The summed E-state index contributed by atoms with van der Waals surface area (Å²) in [5.41, 5.74) is 5.56. The van der Waals surface area contributed by atoms with Gasteiger partial charge in [0, 0.05) is 44.6 Å². The first-order chi connectivity index (χ1) is 26.1. The Balaban J connectivity index is 0.838. The van der Waals surface area contributed by atoms with Gasteiger partial charge >= 0.3 is 5.69 Å². The van der Waals surface area contributed by atoms with Crippen LogP contribution in [0.25, 0.3) is 27.9 Å². The van der Waals surface area contributed by atoms with Gasteiger partial charge in [-0.25, -0.2) is 18.7 Å². The van der Waals surface area contributed by atoms with E-state index in [0.29, 0.717) is 47.5 Å². The van der Waals surface area contributed by atoms with Gasteiger partial charge in [0.1, 0.15) is 12.2 Å². The van der Waals surface area contributed by atoms with Crippen LogP contribution in [-0.2, 0) is 23.1 Å². The second-order valence-corrected chi connectivity index (χ2v) is 14.1.